The van der Waals surface area contributed by atoms with Crippen LogP contribution in [0, 0.1) is 5.41 Å². The quantitative estimate of drug-likeness (QED) is 0.895. The van der Waals surface area contributed by atoms with Gasteiger partial charge in [-0.3, -0.25) is 4.79 Å². The minimum atomic E-state index is -0.0467. The van der Waals surface area contributed by atoms with Crippen LogP contribution in [0.15, 0.2) is 18.2 Å². The monoisotopic (exact) mass is 249 g/mol. The molecular formula is C14H23N3O. The van der Waals surface area contributed by atoms with Crippen LogP contribution in [-0.4, -0.2) is 35.9 Å². The van der Waals surface area contributed by atoms with Crippen molar-refractivity contribution in [3.05, 3.63) is 23.9 Å². The zero-order valence-corrected chi connectivity index (χ0v) is 12.1. The molecule has 1 heterocycles. The number of carbonyl (C=O) groups is 1. The molecule has 0 saturated heterocycles. The van der Waals surface area contributed by atoms with Gasteiger partial charge >= 0.3 is 0 Å². The maximum atomic E-state index is 12.3. The molecule has 0 fully saturated rings. The molecule has 1 amide bonds. The molecule has 1 unspecified atom stereocenters. The van der Waals surface area contributed by atoms with E-state index in [1.165, 1.54) is 0 Å². The highest BCUT2D eigenvalue weighted by molar-refractivity contribution is 5.92. The predicted octanol–water partition coefficient (Wildman–Crippen LogP) is 2.63. The first-order valence-corrected chi connectivity index (χ1v) is 6.19. The van der Waals surface area contributed by atoms with E-state index >= 15 is 0 Å². The maximum absolute atomic E-state index is 12.3. The Kier molecular flexibility index (Phi) is 4.33. The summed E-state index contributed by atoms with van der Waals surface area (Å²) in [6.07, 6.45) is 0. The van der Waals surface area contributed by atoms with Crippen molar-refractivity contribution in [2.45, 2.75) is 33.7 Å². The Morgan fingerprint density at radius 3 is 2.50 bits per heavy atom. The Bertz CT molecular complexity index is 423. The second-order valence-electron chi connectivity index (χ2n) is 5.62. The lowest BCUT2D eigenvalue weighted by atomic mass is 9.87. The van der Waals surface area contributed by atoms with Crippen molar-refractivity contribution in [1.82, 2.24) is 9.88 Å². The molecule has 1 aromatic rings. The Morgan fingerprint density at radius 1 is 1.39 bits per heavy atom. The number of pyridine rings is 1. The molecular weight excluding hydrogens is 226 g/mol. The second kappa shape index (κ2) is 5.38. The summed E-state index contributed by atoms with van der Waals surface area (Å²) in [7, 11) is 3.62. The first kappa shape index (κ1) is 14.5. The van der Waals surface area contributed by atoms with Gasteiger partial charge in [0, 0.05) is 20.1 Å². The average molecular weight is 249 g/mol. The molecule has 0 aromatic carbocycles. The Hall–Kier alpha value is -1.58. The molecule has 0 aliphatic rings. The van der Waals surface area contributed by atoms with Crippen LogP contribution in [0.25, 0.3) is 0 Å². The highest BCUT2D eigenvalue weighted by atomic mass is 16.2. The Balaban J connectivity index is 2.93. The number of anilines is 1. The van der Waals surface area contributed by atoms with Gasteiger partial charge in [-0.2, -0.15) is 0 Å². The molecule has 0 aliphatic carbocycles. The standard InChI is InChI=1S/C14H23N3O/c1-10(14(2,3)4)17(6)13(18)11-8-7-9-12(15-5)16-11/h7-10H,1-6H3,(H,15,16). The molecule has 100 valence electrons. The molecule has 1 aromatic heterocycles. The molecule has 1 atom stereocenters. The largest absolute Gasteiger partial charge is 0.373 e. The van der Waals surface area contributed by atoms with E-state index in [0.29, 0.717) is 11.5 Å². The highest BCUT2D eigenvalue weighted by Crippen LogP contribution is 2.24. The third-order valence-electron chi connectivity index (χ3n) is 3.38. The van der Waals surface area contributed by atoms with Crippen molar-refractivity contribution in [1.29, 1.82) is 0 Å². The van der Waals surface area contributed by atoms with Crippen LogP contribution in [0.4, 0.5) is 5.82 Å². The number of nitrogens with zero attached hydrogens (tertiary/aromatic N) is 2. The third-order valence-corrected chi connectivity index (χ3v) is 3.38. The van der Waals surface area contributed by atoms with Crippen molar-refractivity contribution in [2.75, 3.05) is 19.4 Å². The molecule has 0 aliphatic heterocycles. The van der Waals surface area contributed by atoms with Gasteiger partial charge in [-0.05, 0) is 24.5 Å². The smallest absolute Gasteiger partial charge is 0.272 e. The Labute approximate surface area is 109 Å². The van der Waals surface area contributed by atoms with Gasteiger partial charge in [-0.25, -0.2) is 4.98 Å². The predicted molar refractivity (Wildman–Crippen MR) is 74.8 cm³/mol. The number of amides is 1. The summed E-state index contributed by atoms with van der Waals surface area (Å²) < 4.78 is 0. The van der Waals surface area contributed by atoms with Crippen molar-refractivity contribution in [2.24, 2.45) is 5.41 Å². The molecule has 1 N–H and O–H groups in total. The first-order valence-electron chi connectivity index (χ1n) is 6.19. The highest BCUT2D eigenvalue weighted by Gasteiger charge is 2.28. The van der Waals surface area contributed by atoms with Crippen LogP contribution in [-0.2, 0) is 0 Å². The molecule has 0 radical (unpaired) electrons. The van der Waals surface area contributed by atoms with Gasteiger partial charge in [0.25, 0.3) is 5.91 Å². The van der Waals surface area contributed by atoms with Gasteiger partial charge in [0.2, 0.25) is 0 Å². The van der Waals surface area contributed by atoms with Crippen LogP contribution >= 0.6 is 0 Å². The summed E-state index contributed by atoms with van der Waals surface area (Å²) in [6.45, 7) is 8.43. The van der Waals surface area contributed by atoms with Crippen LogP contribution in [0.2, 0.25) is 0 Å². The number of aromatic nitrogens is 1. The van der Waals surface area contributed by atoms with Crippen molar-refractivity contribution >= 4 is 11.7 Å². The van der Waals surface area contributed by atoms with Crippen molar-refractivity contribution < 1.29 is 4.79 Å². The van der Waals surface area contributed by atoms with Crippen LogP contribution in [0.5, 0.6) is 0 Å². The number of hydrogen-bond donors (Lipinski definition) is 1. The van der Waals surface area contributed by atoms with Crippen molar-refractivity contribution in [3.8, 4) is 0 Å². The summed E-state index contributed by atoms with van der Waals surface area (Å²) in [4.78, 5) is 18.4. The van der Waals surface area contributed by atoms with Gasteiger partial charge in [-0.15, -0.1) is 0 Å². The number of hydrogen-bond acceptors (Lipinski definition) is 3. The lowest BCUT2D eigenvalue weighted by Gasteiger charge is -2.35. The van der Waals surface area contributed by atoms with Crippen LogP contribution in [0.1, 0.15) is 38.2 Å². The fourth-order valence-electron chi connectivity index (χ4n) is 1.63. The van der Waals surface area contributed by atoms with E-state index in [1.54, 1.807) is 18.0 Å². The summed E-state index contributed by atoms with van der Waals surface area (Å²) >= 11 is 0. The van der Waals surface area contributed by atoms with E-state index in [2.05, 4.69) is 38.0 Å². The van der Waals surface area contributed by atoms with E-state index in [0.717, 1.165) is 0 Å². The van der Waals surface area contributed by atoms with E-state index in [4.69, 9.17) is 0 Å². The van der Waals surface area contributed by atoms with Gasteiger partial charge in [0.15, 0.2) is 0 Å². The maximum Gasteiger partial charge on any atom is 0.272 e. The summed E-state index contributed by atoms with van der Waals surface area (Å²) in [5, 5.41) is 2.94. The van der Waals surface area contributed by atoms with Crippen molar-refractivity contribution in [3.63, 3.8) is 0 Å². The molecule has 4 heteroatoms. The van der Waals surface area contributed by atoms with E-state index in [9.17, 15) is 4.79 Å². The Morgan fingerprint density at radius 2 is 2.00 bits per heavy atom. The molecule has 18 heavy (non-hydrogen) atoms. The molecule has 0 spiro atoms. The summed E-state index contributed by atoms with van der Waals surface area (Å²) in [5.41, 5.74) is 0.519. The lowest BCUT2D eigenvalue weighted by molar-refractivity contribution is 0.0623. The van der Waals surface area contributed by atoms with Gasteiger partial charge in [0.05, 0.1) is 0 Å². The number of rotatable bonds is 3. The van der Waals surface area contributed by atoms with Gasteiger partial charge < -0.3 is 10.2 Å². The number of nitrogens with one attached hydrogen (secondary N) is 1. The fraction of sp³-hybridized carbons (Fsp3) is 0.571. The zero-order chi connectivity index (χ0) is 13.9. The zero-order valence-electron chi connectivity index (χ0n) is 12.1. The molecule has 4 nitrogen and oxygen atoms in total. The minimum Gasteiger partial charge on any atom is -0.373 e. The topological polar surface area (TPSA) is 45.2 Å². The van der Waals surface area contributed by atoms with Crippen LogP contribution < -0.4 is 5.32 Å². The first-order chi connectivity index (χ1) is 8.27. The van der Waals surface area contributed by atoms with Gasteiger partial charge in [0.1, 0.15) is 11.5 Å². The SMILES string of the molecule is CNc1cccc(C(=O)N(C)C(C)C(C)(C)C)n1. The van der Waals surface area contributed by atoms with E-state index in [1.807, 2.05) is 19.2 Å². The molecule has 0 saturated carbocycles. The average Bonchev–Trinajstić information content (AvgIpc) is 2.35. The minimum absolute atomic E-state index is 0.0467. The normalized spacial score (nSPS) is 13.0. The fourth-order valence-corrected chi connectivity index (χ4v) is 1.63. The van der Waals surface area contributed by atoms with E-state index < -0.39 is 0 Å². The molecule has 1 rings (SSSR count). The van der Waals surface area contributed by atoms with Crippen LogP contribution in [0.3, 0.4) is 0 Å². The summed E-state index contributed by atoms with van der Waals surface area (Å²) in [6, 6.07) is 5.56. The van der Waals surface area contributed by atoms with Gasteiger partial charge in [-0.1, -0.05) is 26.8 Å². The summed E-state index contributed by atoms with van der Waals surface area (Å²) in [5.74, 6) is 0.659. The number of carbonyl (C=O) groups excluding carboxylic acids is 1. The third kappa shape index (κ3) is 3.22. The molecule has 0 bridgehead atoms. The second-order valence-corrected chi connectivity index (χ2v) is 5.62. The van der Waals surface area contributed by atoms with E-state index in [-0.39, 0.29) is 17.4 Å². The lowest BCUT2D eigenvalue weighted by Crippen LogP contribution is -2.43.